The molecule has 0 aromatic carbocycles. The average molecular weight is 293 g/mol. The Balaban J connectivity index is 3.54. The van der Waals surface area contributed by atoms with Crippen molar-refractivity contribution < 1.29 is 0 Å². The molecule has 0 amide bonds. The highest BCUT2D eigenvalue weighted by Gasteiger charge is 2.10. The summed E-state index contributed by atoms with van der Waals surface area (Å²) >= 11 is 7.93. The molecular weight excluding hydrogens is 286 g/mol. The predicted molar refractivity (Wildman–Crippen MR) is 56.2 cm³/mol. The zero-order valence-corrected chi connectivity index (χ0v) is 9.56. The monoisotopic (exact) mass is 292 g/mol. The van der Waals surface area contributed by atoms with Crippen molar-refractivity contribution in [2.45, 2.75) is 13.8 Å². The molecule has 2 nitrogen and oxygen atoms in total. The third kappa shape index (κ3) is 1.54. The summed E-state index contributed by atoms with van der Waals surface area (Å²) in [6, 6.07) is 2.03. The molecule has 1 aromatic heterocycles. The fourth-order valence-corrected chi connectivity index (χ4v) is 1.62. The Hall–Kier alpha value is -0.340. The number of hydrogen-bond donors (Lipinski definition) is 0. The van der Waals surface area contributed by atoms with Gasteiger partial charge in [-0.15, -0.1) is 0 Å². The molecular formula is C8H6ClIN2. The highest BCUT2D eigenvalue weighted by atomic mass is 127. The van der Waals surface area contributed by atoms with Crippen molar-refractivity contribution in [2.75, 3.05) is 0 Å². The highest BCUT2D eigenvalue weighted by Crippen LogP contribution is 2.23. The molecule has 0 atom stereocenters. The molecule has 1 rings (SSSR count). The molecule has 0 aliphatic rings. The van der Waals surface area contributed by atoms with Gasteiger partial charge in [-0.2, -0.15) is 5.26 Å². The first-order valence-corrected chi connectivity index (χ1v) is 4.76. The van der Waals surface area contributed by atoms with Crippen LogP contribution in [0, 0.1) is 28.7 Å². The maximum atomic E-state index is 8.74. The van der Waals surface area contributed by atoms with Gasteiger partial charge in [0.15, 0.2) is 0 Å². The Labute approximate surface area is 89.7 Å². The minimum atomic E-state index is 0.299. The smallest absolute Gasteiger partial charge is 0.147 e. The minimum absolute atomic E-state index is 0.299. The number of aromatic nitrogens is 1. The maximum Gasteiger partial charge on any atom is 0.147 e. The Morgan fingerprint density at radius 1 is 1.50 bits per heavy atom. The fourth-order valence-electron chi connectivity index (χ4n) is 0.918. The van der Waals surface area contributed by atoms with Crippen LogP contribution in [0.2, 0.25) is 5.15 Å². The lowest BCUT2D eigenvalue weighted by atomic mass is 10.1. The van der Waals surface area contributed by atoms with Crippen molar-refractivity contribution in [1.29, 1.82) is 5.26 Å². The van der Waals surface area contributed by atoms with Crippen LogP contribution in [-0.4, -0.2) is 4.98 Å². The summed E-state index contributed by atoms with van der Waals surface area (Å²) in [6.07, 6.45) is 0. The van der Waals surface area contributed by atoms with Crippen LogP contribution in [0.15, 0.2) is 0 Å². The van der Waals surface area contributed by atoms with E-state index in [0.29, 0.717) is 10.7 Å². The van der Waals surface area contributed by atoms with Gasteiger partial charge in [0.2, 0.25) is 0 Å². The number of hydrogen-bond acceptors (Lipinski definition) is 2. The van der Waals surface area contributed by atoms with E-state index in [1.807, 2.05) is 19.9 Å². The van der Waals surface area contributed by atoms with Gasteiger partial charge in [0, 0.05) is 3.57 Å². The van der Waals surface area contributed by atoms with Crippen LogP contribution in [0.5, 0.6) is 0 Å². The van der Waals surface area contributed by atoms with Crippen molar-refractivity contribution in [1.82, 2.24) is 4.98 Å². The molecule has 1 aromatic rings. The molecule has 0 bridgehead atoms. The van der Waals surface area contributed by atoms with Gasteiger partial charge in [-0.25, -0.2) is 4.98 Å². The quantitative estimate of drug-likeness (QED) is 0.544. The maximum absolute atomic E-state index is 8.74. The number of rotatable bonds is 0. The molecule has 4 heteroatoms. The van der Waals surface area contributed by atoms with Gasteiger partial charge in [0.25, 0.3) is 0 Å². The zero-order chi connectivity index (χ0) is 9.30. The molecule has 0 saturated heterocycles. The van der Waals surface area contributed by atoms with E-state index in [4.69, 9.17) is 16.9 Å². The highest BCUT2D eigenvalue weighted by molar-refractivity contribution is 14.1. The normalized spacial score (nSPS) is 9.58. The van der Waals surface area contributed by atoms with E-state index >= 15 is 0 Å². The van der Waals surface area contributed by atoms with E-state index in [2.05, 4.69) is 27.6 Å². The van der Waals surface area contributed by atoms with E-state index in [9.17, 15) is 0 Å². The van der Waals surface area contributed by atoms with Crippen molar-refractivity contribution in [3.63, 3.8) is 0 Å². The zero-order valence-electron chi connectivity index (χ0n) is 6.65. The summed E-state index contributed by atoms with van der Waals surface area (Å²) < 4.78 is 1.01. The first-order valence-electron chi connectivity index (χ1n) is 3.30. The summed E-state index contributed by atoms with van der Waals surface area (Å²) in [5.41, 5.74) is 2.26. The first-order chi connectivity index (χ1) is 5.57. The van der Waals surface area contributed by atoms with E-state index in [1.165, 1.54) is 0 Å². The number of pyridine rings is 1. The van der Waals surface area contributed by atoms with Crippen LogP contribution in [0.3, 0.4) is 0 Å². The SMILES string of the molecule is Cc1nc(Cl)c(C#N)c(C)c1I. The topological polar surface area (TPSA) is 36.7 Å². The molecule has 0 fully saturated rings. The standard InChI is InChI=1S/C8H6ClIN2/c1-4-6(3-11)8(9)12-5(2)7(4)10/h1-2H3. The van der Waals surface area contributed by atoms with Gasteiger partial charge in [0.1, 0.15) is 11.2 Å². The molecule has 0 aliphatic carbocycles. The second-order valence-electron chi connectivity index (χ2n) is 2.41. The van der Waals surface area contributed by atoms with Gasteiger partial charge in [0.05, 0.1) is 11.3 Å². The van der Waals surface area contributed by atoms with Crippen LogP contribution in [0.1, 0.15) is 16.8 Å². The number of nitrogens with zero attached hydrogens (tertiary/aromatic N) is 2. The molecule has 0 aliphatic heterocycles. The van der Waals surface area contributed by atoms with Crippen molar-refractivity contribution >= 4 is 34.2 Å². The fraction of sp³-hybridized carbons (Fsp3) is 0.250. The van der Waals surface area contributed by atoms with Gasteiger partial charge in [-0.3, -0.25) is 0 Å². The van der Waals surface area contributed by atoms with E-state index < -0.39 is 0 Å². The van der Waals surface area contributed by atoms with Crippen LogP contribution >= 0.6 is 34.2 Å². The van der Waals surface area contributed by atoms with Crippen LogP contribution in [0.4, 0.5) is 0 Å². The van der Waals surface area contributed by atoms with Crippen molar-refractivity contribution in [3.8, 4) is 6.07 Å². The van der Waals surface area contributed by atoms with Gasteiger partial charge in [-0.05, 0) is 42.0 Å². The molecule has 0 saturated carbocycles. The predicted octanol–water partition coefficient (Wildman–Crippen LogP) is 2.83. The molecule has 12 heavy (non-hydrogen) atoms. The van der Waals surface area contributed by atoms with E-state index in [0.717, 1.165) is 14.8 Å². The lowest BCUT2D eigenvalue weighted by Crippen LogP contribution is -1.96. The third-order valence-corrected chi connectivity index (χ3v) is 3.47. The van der Waals surface area contributed by atoms with Crippen LogP contribution in [-0.2, 0) is 0 Å². The Morgan fingerprint density at radius 2 is 2.08 bits per heavy atom. The molecule has 0 radical (unpaired) electrons. The minimum Gasteiger partial charge on any atom is -0.239 e. The van der Waals surface area contributed by atoms with Gasteiger partial charge < -0.3 is 0 Å². The second-order valence-corrected chi connectivity index (χ2v) is 3.85. The van der Waals surface area contributed by atoms with E-state index in [-0.39, 0.29) is 0 Å². The van der Waals surface area contributed by atoms with Crippen molar-refractivity contribution in [3.05, 3.63) is 25.5 Å². The molecule has 62 valence electrons. The first kappa shape index (κ1) is 9.75. The number of nitriles is 1. The summed E-state index contributed by atoms with van der Waals surface area (Å²) in [6.45, 7) is 3.75. The molecule has 0 spiro atoms. The lowest BCUT2D eigenvalue weighted by Gasteiger charge is -2.04. The Morgan fingerprint density at radius 3 is 2.58 bits per heavy atom. The summed E-state index contributed by atoms with van der Waals surface area (Å²) in [5.74, 6) is 0. The van der Waals surface area contributed by atoms with Gasteiger partial charge >= 0.3 is 0 Å². The summed E-state index contributed by atoms with van der Waals surface area (Å²) in [7, 11) is 0. The summed E-state index contributed by atoms with van der Waals surface area (Å²) in [5, 5.41) is 9.04. The third-order valence-electron chi connectivity index (χ3n) is 1.61. The van der Waals surface area contributed by atoms with Gasteiger partial charge in [-0.1, -0.05) is 11.6 Å². The molecule has 0 unspecified atom stereocenters. The second kappa shape index (κ2) is 3.58. The molecule has 0 N–H and O–H groups in total. The lowest BCUT2D eigenvalue weighted by molar-refractivity contribution is 1.14. The van der Waals surface area contributed by atoms with Crippen LogP contribution < -0.4 is 0 Å². The number of halogens is 2. The Kier molecular flexibility index (Phi) is 2.91. The number of aryl methyl sites for hydroxylation is 1. The summed E-state index contributed by atoms with van der Waals surface area (Å²) in [4.78, 5) is 4.04. The van der Waals surface area contributed by atoms with Crippen molar-refractivity contribution in [2.24, 2.45) is 0 Å². The van der Waals surface area contributed by atoms with Crippen LogP contribution in [0.25, 0.3) is 0 Å². The average Bonchev–Trinajstić information content (AvgIpc) is 2.01. The molecule has 1 heterocycles. The van der Waals surface area contributed by atoms with E-state index in [1.54, 1.807) is 0 Å². The Bertz CT molecular complexity index is 368. The largest absolute Gasteiger partial charge is 0.239 e.